The van der Waals surface area contributed by atoms with Crippen LogP contribution in [0.15, 0.2) is 10.1 Å². The fourth-order valence-electron chi connectivity index (χ4n) is 7.29. The Hall–Kier alpha value is -0.900. The maximum absolute atomic E-state index is 5.59. The standard InChI is InChI=1S/C47H95N3O/c1-6-10-13-16-24-31-38-46(5)49-51-45-37-30-23-22-29-36-44-50(42-9-4)43-35-28-21-19-20-27-34-41-48-47(39-32-25-17-14-11-7-2)40-33-26-18-15-12-8-3/h6-45H2,1-5H3/b49-46+. The Labute approximate surface area is 322 Å². The minimum atomic E-state index is 0.784. The Morgan fingerprint density at radius 1 is 0.392 bits per heavy atom. The van der Waals surface area contributed by atoms with Crippen LogP contribution < -0.4 is 0 Å². The van der Waals surface area contributed by atoms with Crippen molar-refractivity contribution in [2.75, 3.05) is 32.8 Å². The Bertz CT molecular complexity index is 702. The molecule has 51 heavy (non-hydrogen) atoms. The third-order valence-electron chi connectivity index (χ3n) is 10.7. The van der Waals surface area contributed by atoms with Crippen LogP contribution in [0.4, 0.5) is 0 Å². The predicted molar refractivity (Wildman–Crippen MR) is 232 cm³/mol. The molecule has 0 rings (SSSR count). The molecular formula is C47H95N3O. The molecule has 4 heteroatoms. The summed E-state index contributed by atoms with van der Waals surface area (Å²) in [5.74, 6) is 0. The van der Waals surface area contributed by atoms with Crippen LogP contribution in [0.25, 0.3) is 0 Å². The number of hydrogen-bond donors (Lipinski definition) is 0. The SMILES string of the molecule is CCCCCCCCC(CCCCCCCC)=NCCCCCCCCCN(CCC)CCCCCCCCO/N=C(\C)CCCCCCCC. The molecule has 0 aliphatic carbocycles. The number of oxime groups is 1. The van der Waals surface area contributed by atoms with Crippen molar-refractivity contribution in [3.05, 3.63) is 0 Å². The molecule has 0 spiro atoms. The Kier molecular flexibility index (Phi) is 42.7. The van der Waals surface area contributed by atoms with E-state index in [1.54, 1.807) is 5.71 Å². The zero-order valence-corrected chi connectivity index (χ0v) is 36.0. The lowest BCUT2D eigenvalue weighted by atomic mass is 10.0. The smallest absolute Gasteiger partial charge is 0.117 e. The summed E-state index contributed by atoms with van der Waals surface area (Å²) < 4.78 is 0. The van der Waals surface area contributed by atoms with E-state index < -0.39 is 0 Å². The van der Waals surface area contributed by atoms with E-state index in [1.807, 2.05) is 0 Å². The van der Waals surface area contributed by atoms with Crippen LogP contribution in [0.1, 0.15) is 259 Å². The van der Waals surface area contributed by atoms with Crippen LogP contribution in [0.5, 0.6) is 0 Å². The highest BCUT2D eigenvalue weighted by molar-refractivity contribution is 5.84. The quantitative estimate of drug-likeness (QED) is 0.0358. The highest BCUT2D eigenvalue weighted by Gasteiger charge is 2.05. The number of unbranched alkanes of at least 4 members (excludes halogenated alkanes) is 26. The van der Waals surface area contributed by atoms with Crippen molar-refractivity contribution in [1.29, 1.82) is 0 Å². The summed E-state index contributed by atoms with van der Waals surface area (Å²) in [5, 5.41) is 4.34. The molecule has 304 valence electrons. The van der Waals surface area contributed by atoms with Gasteiger partial charge in [-0.1, -0.05) is 181 Å². The summed E-state index contributed by atoms with van der Waals surface area (Å²) in [7, 11) is 0. The van der Waals surface area contributed by atoms with Gasteiger partial charge in [0.15, 0.2) is 0 Å². The molecule has 0 aromatic heterocycles. The summed E-state index contributed by atoms with van der Waals surface area (Å²) in [6.45, 7) is 17.1. The Morgan fingerprint density at radius 2 is 0.784 bits per heavy atom. The van der Waals surface area contributed by atoms with E-state index in [-0.39, 0.29) is 0 Å². The van der Waals surface area contributed by atoms with Crippen LogP contribution in [0, 0.1) is 0 Å². The summed E-state index contributed by atoms with van der Waals surface area (Å²) in [6.07, 6.45) is 47.2. The monoisotopic (exact) mass is 718 g/mol. The van der Waals surface area contributed by atoms with E-state index in [9.17, 15) is 0 Å². The van der Waals surface area contributed by atoms with Crippen LogP contribution in [0.3, 0.4) is 0 Å². The molecule has 0 aliphatic rings. The highest BCUT2D eigenvalue weighted by Crippen LogP contribution is 2.15. The molecule has 0 N–H and O–H groups in total. The zero-order valence-electron chi connectivity index (χ0n) is 36.0. The van der Waals surface area contributed by atoms with E-state index in [0.29, 0.717) is 0 Å². The van der Waals surface area contributed by atoms with Gasteiger partial charge in [0.25, 0.3) is 0 Å². The normalized spacial score (nSPS) is 11.9. The number of hydrogen-bond acceptors (Lipinski definition) is 4. The maximum Gasteiger partial charge on any atom is 0.117 e. The predicted octanol–water partition coefficient (Wildman–Crippen LogP) is 15.9. The van der Waals surface area contributed by atoms with E-state index >= 15 is 0 Å². The first-order chi connectivity index (χ1) is 25.2. The lowest BCUT2D eigenvalue weighted by Gasteiger charge is -2.21. The number of rotatable bonds is 43. The lowest BCUT2D eigenvalue weighted by Crippen LogP contribution is -2.27. The van der Waals surface area contributed by atoms with Gasteiger partial charge in [0, 0.05) is 12.3 Å². The van der Waals surface area contributed by atoms with Crippen molar-refractivity contribution in [1.82, 2.24) is 4.90 Å². The molecule has 0 radical (unpaired) electrons. The van der Waals surface area contributed by atoms with Gasteiger partial charge in [0.1, 0.15) is 6.61 Å². The van der Waals surface area contributed by atoms with Crippen molar-refractivity contribution in [3.63, 3.8) is 0 Å². The fourth-order valence-corrected chi connectivity index (χ4v) is 7.29. The first-order valence-corrected chi connectivity index (χ1v) is 23.6. The van der Waals surface area contributed by atoms with Crippen LogP contribution in [-0.4, -0.2) is 49.1 Å². The average molecular weight is 718 g/mol. The average Bonchev–Trinajstić information content (AvgIpc) is 3.13. The van der Waals surface area contributed by atoms with Gasteiger partial charge >= 0.3 is 0 Å². The van der Waals surface area contributed by atoms with Crippen LogP contribution in [-0.2, 0) is 4.84 Å². The molecule has 0 saturated heterocycles. The van der Waals surface area contributed by atoms with Crippen molar-refractivity contribution in [3.8, 4) is 0 Å². The van der Waals surface area contributed by atoms with Gasteiger partial charge in [0.2, 0.25) is 0 Å². The van der Waals surface area contributed by atoms with Crippen molar-refractivity contribution in [2.24, 2.45) is 10.1 Å². The zero-order chi connectivity index (χ0) is 37.1. The summed E-state index contributed by atoms with van der Waals surface area (Å²) >= 11 is 0. The summed E-state index contributed by atoms with van der Waals surface area (Å²) in [5.41, 5.74) is 2.72. The van der Waals surface area contributed by atoms with Gasteiger partial charge in [-0.3, -0.25) is 4.99 Å². The molecule has 0 atom stereocenters. The number of aliphatic imine (C=N–C) groups is 1. The second-order valence-corrected chi connectivity index (χ2v) is 16.1. The van der Waals surface area contributed by atoms with Crippen LogP contribution in [0.2, 0.25) is 0 Å². The van der Waals surface area contributed by atoms with E-state index in [0.717, 1.165) is 26.0 Å². The van der Waals surface area contributed by atoms with Gasteiger partial charge in [0.05, 0.1) is 5.71 Å². The molecule has 0 amide bonds. The highest BCUT2D eigenvalue weighted by atomic mass is 16.6. The van der Waals surface area contributed by atoms with Gasteiger partial charge in [-0.15, -0.1) is 0 Å². The minimum absolute atomic E-state index is 0.784. The number of nitrogens with zero attached hydrogens (tertiary/aromatic N) is 3. The minimum Gasteiger partial charge on any atom is -0.396 e. The van der Waals surface area contributed by atoms with Gasteiger partial charge in [-0.2, -0.15) is 0 Å². The third-order valence-corrected chi connectivity index (χ3v) is 10.7. The second kappa shape index (κ2) is 43.5. The first-order valence-electron chi connectivity index (χ1n) is 23.6. The molecule has 0 aromatic rings. The first kappa shape index (κ1) is 50.1. The molecule has 0 aliphatic heterocycles. The van der Waals surface area contributed by atoms with Crippen molar-refractivity contribution >= 4 is 11.4 Å². The third kappa shape index (κ3) is 40.1. The van der Waals surface area contributed by atoms with Gasteiger partial charge in [-0.25, -0.2) is 0 Å². The molecule has 0 heterocycles. The maximum atomic E-state index is 5.59. The molecule has 0 saturated carbocycles. The largest absolute Gasteiger partial charge is 0.396 e. The van der Waals surface area contributed by atoms with Gasteiger partial charge in [-0.05, 0) is 104 Å². The second-order valence-electron chi connectivity index (χ2n) is 16.1. The molecule has 0 bridgehead atoms. The molecule has 0 aromatic carbocycles. The van der Waals surface area contributed by atoms with E-state index in [1.165, 1.54) is 237 Å². The lowest BCUT2D eigenvalue weighted by molar-refractivity contribution is 0.138. The van der Waals surface area contributed by atoms with Crippen molar-refractivity contribution in [2.45, 2.75) is 259 Å². The Morgan fingerprint density at radius 3 is 1.25 bits per heavy atom. The molecule has 4 nitrogen and oxygen atoms in total. The Balaban J connectivity index is 3.86. The van der Waals surface area contributed by atoms with E-state index in [4.69, 9.17) is 9.83 Å². The molecule has 0 unspecified atom stereocenters. The fraction of sp³-hybridized carbons (Fsp3) is 0.957. The topological polar surface area (TPSA) is 37.2 Å². The summed E-state index contributed by atoms with van der Waals surface area (Å²) in [6, 6.07) is 0. The van der Waals surface area contributed by atoms with Crippen molar-refractivity contribution < 1.29 is 4.84 Å². The molecular weight excluding hydrogens is 623 g/mol. The van der Waals surface area contributed by atoms with E-state index in [2.05, 4.69) is 44.7 Å². The summed E-state index contributed by atoms with van der Waals surface area (Å²) in [4.78, 5) is 13.5. The molecule has 0 fully saturated rings. The van der Waals surface area contributed by atoms with Gasteiger partial charge < -0.3 is 9.74 Å². The van der Waals surface area contributed by atoms with Crippen LogP contribution >= 0.6 is 0 Å².